The number of fused-ring (bicyclic) bond motifs is 2. The topological polar surface area (TPSA) is 26.0 Å². The summed E-state index contributed by atoms with van der Waals surface area (Å²) >= 11 is 37.2. The van der Waals surface area contributed by atoms with Gasteiger partial charge in [0, 0.05) is 5.92 Å². The highest BCUT2D eigenvalue weighted by atomic mass is 35.5. The van der Waals surface area contributed by atoms with Crippen LogP contribution in [0.2, 0.25) is 0 Å². The van der Waals surface area contributed by atoms with Gasteiger partial charge in [-0.2, -0.15) is 0 Å². The Morgan fingerprint density at radius 2 is 1.62 bits per heavy atom. The second-order valence-electron chi connectivity index (χ2n) is 3.85. The summed E-state index contributed by atoms with van der Waals surface area (Å²) in [6.07, 6.45) is 0.427. The number of hydrogen-bond donors (Lipinski definition) is 1. The molecule has 0 saturated heterocycles. The van der Waals surface area contributed by atoms with Gasteiger partial charge in [-0.3, -0.25) is 0 Å². The lowest BCUT2D eigenvalue weighted by atomic mass is 9.92. The van der Waals surface area contributed by atoms with Gasteiger partial charge in [-0.1, -0.05) is 46.4 Å². The third-order valence-corrected chi connectivity index (χ3v) is 7.51. The van der Waals surface area contributed by atoms with Crippen molar-refractivity contribution in [3.8, 4) is 0 Å². The van der Waals surface area contributed by atoms with Gasteiger partial charge in [0.1, 0.15) is 9.75 Å². The number of nitrogens with two attached hydrogens (primary N) is 1. The van der Waals surface area contributed by atoms with Crippen LogP contribution in [0.25, 0.3) is 0 Å². The van der Waals surface area contributed by atoms with E-state index < -0.39 is 14.1 Å². The molecule has 0 amide bonds. The molecule has 1 fully saturated rings. The Labute approximate surface area is 130 Å². The van der Waals surface area contributed by atoms with Crippen LogP contribution in [0.1, 0.15) is 6.42 Å². The second-order valence-corrected chi connectivity index (χ2v) is 7.18. The van der Waals surface area contributed by atoms with Gasteiger partial charge in [0.25, 0.3) is 0 Å². The molecule has 0 heterocycles. The second kappa shape index (κ2) is 4.38. The Bertz CT molecular complexity index is 354. The van der Waals surface area contributed by atoms with Crippen LogP contribution in [0.3, 0.4) is 0 Å². The van der Waals surface area contributed by atoms with E-state index in [9.17, 15) is 0 Å². The van der Waals surface area contributed by atoms with Crippen molar-refractivity contribution in [1.29, 1.82) is 0 Å². The number of rotatable bonds is 1. The fraction of sp³-hybridized carbons (Fsp3) is 0.750. The first-order valence-corrected chi connectivity index (χ1v) is 6.52. The van der Waals surface area contributed by atoms with E-state index in [1.807, 2.05) is 0 Å². The van der Waals surface area contributed by atoms with Crippen LogP contribution in [-0.4, -0.2) is 20.6 Å². The van der Waals surface area contributed by atoms with E-state index >= 15 is 0 Å². The molecule has 1 nitrogen and oxygen atoms in total. The highest BCUT2D eigenvalue weighted by Gasteiger charge is 2.77. The van der Waals surface area contributed by atoms with Crippen LogP contribution in [0, 0.1) is 5.92 Å². The SMILES string of the molecule is Cl.NCC1CC2(Cl)C(Cl)=C(Cl)C1(Cl)C2(Cl)Cl. The number of allylic oxidation sites excluding steroid dienone is 2. The minimum atomic E-state index is -1.43. The van der Waals surface area contributed by atoms with Crippen molar-refractivity contribution in [2.45, 2.75) is 20.5 Å². The molecular weight excluding hydrogens is 358 g/mol. The monoisotopic (exact) mass is 363 g/mol. The van der Waals surface area contributed by atoms with E-state index in [1.54, 1.807) is 0 Å². The van der Waals surface area contributed by atoms with E-state index in [2.05, 4.69) is 0 Å². The maximum atomic E-state index is 6.39. The molecule has 2 aliphatic rings. The van der Waals surface area contributed by atoms with Crippen LogP contribution in [0.4, 0.5) is 0 Å². The van der Waals surface area contributed by atoms with Crippen molar-refractivity contribution in [2.75, 3.05) is 6.54 Å². The fourth-order valence-electron chi connectivity index (χ4n) is 2.28. The summed E-state index contributed by atoms with van der Waals surface area (Å²) in [7, 11) is 0. The van der Waals surface area contributed by atoms with Crippen molar-refractivity contribution in [3.05, 3.63) is 10.1 Å². The normalized spacial score (nSPS) is 44.8. The Balaban J connectivity index is 0.00000128. The fourth-order valence-corrected chi connectivity index (χ4v) is 5.13. The van der Waals surface area contributed by atoms with E-state index in [0.29, 0.717) is 13.0 Å². The molecule has 2 aliphatic carbocycles. The molecule has 0 spiro atoms. The minimum Gasteiger partial charge on any atom is -0.330 e. The Morgan fingerprint density at radius 3 is 1.94 bits per heavy atom. The molecular formula is C8H8Cl7N. The maximum Gasteiger partial charge on any atom is 0.166 e. The molecule has 2 bridgehead atoms. The van der Waals surface area contributed by atoms with Gasteiger partial charge < -0.3 is 5.73 Å². The van der Waals surface area contributed by atoms with Crippen LogP contribution in [-0.2, 0) is 0 Å². The van der Waals surface area contributed by atoms with Crippen LogP contribution >= 0.6 is 82.0 Å². The molecule has 0 radical (unpaired) electrons. The van der Waals surface area contributed by atoms with Gasteiger partial charge in [-0.25, -0.2) is 0 Å². The van der Waals surface area contributed by atoms with Gasteiger partial charge >= 0.3 is 0 Å². The minimum absolute atomic E-state index is 0. The van der Waals surface area contributed by atoms with E-state index in [1.165, 1.54) is 0 Å². The zero-order chi connectivity index (χ0) is 11.6. The van der Waals surface area contributed by atoms with Crippen LogP contribution in [0.15, 0.2) is 10.1 Å². The van der Waals surface area contributed by atoms with E-state index in [4.69, 9.17) is 75.3 Å². The molecule has 0 aromatic rings. The summed E-state index contributed by atoms with van der Waals surface area (Å²) in [5, 5.41) is 0.447. The molecule has 1 saturated carbocycles. The molecule has 0 aromatic heterocycles. The third-order valence-electron chi connectivity index (χ3n) is 3.19. The molecule has 8 heteroatoms. The lowest BCUT2D eigenvalue weighted by Gasteiger charge is -2.33. The summed E-state index contributed by atoms with van der Waals surface area (Å²) in [5.41, 5.74) is 5.61. The molecule has 2 N–H and O–H groups in total. The predicted octanol–water partition coefficient (Wildman–Crippen LogP) is 4.22. The van der Waals surface area contributed by atoms with Crippen molar-refractivity contribution in [2.24, 2.45) is 11.7 Å². The van der Waals surface area contributed by atoms with Crippen molar-refractivity contribution >= 4 is 82.0 Å². The van der Waals surface area contributed by atoms with Gasteiger partial charge in [-0.05, 0) is 13.0 Å². The number of halogens is 7. The Hall–Kier alpha value is 1.73. The first-order chi connectivity index (χ1) is 6.73. The Kier molecular flexibility index (Phi) is 4.33. The summed E-state index contributed by atoms with van der Waals surface area (Å²) in [6.45, 7) is 0.305. The lowest BCUT2D eigenvalue weighted by molar-refractivity contribution is 0.475. The molecule has 16 heavy (non-hydrogen) atoms. The highest BCUT2D eigenvalue weighted by Crippen LogP contribution is 2.73. The third kappa shape index (κ3) is 1.44. The average molecular weight is 366 g/mol. The lowest BCUT2D eigenvalue weighted by Crippen LogP contribution is -2.45. The van der Waals surface area contributed by atoms with E-state index in [-0.39, 0.29) is 28.4 Å². The molecule has 2 rings (SSSR count). The molecule has 3 unspecified atom stereocenters. The van der Waals surface area contributed by atoms with Crippen LogP contribution in [0.5, 0.6) is 0 Å². The predicted molar refractivity (Wildman–Crippen MR) is 74.7 cm³/mol. The number of alkyl halides is 4. The number of hydrogen-bond acceptors (Lipinski definition) is 1. The first kappa shape index (κ1) is 15.8. The van der Waals surface area contributed by atoms with Crippen LogP contribution < -0.4 is 5.73 Å². The van der Waals surface area contributed by atoms with Gasteiger partial charge in [0.05, 0.1) is 10.1 Å². The van der Waals surface area contributed by atoms with Gasteiger partial charge in [0.15, 0.2) is 4.33 Å². The Morgan fingerprint density at radius 1 is 1.12 bits per heavy atom. The first-order valence-electron chi connectivity index (χ1n) is 4.25. The molecule has 94 valence electrons. The van der Waals surface area contributed by atoms with Crippen molar-refractivity contribution in [3.63, 3.8) is 0 Å². The van der Waals surface area contributed by atoms with E-state index in [0.717, 1.165) is 0 Å². The average Bonchev–Trinajstić information content (AvgIpc) is 2.39. The summed E-state index contributed by atoms with van der Waals surface area (Å²) in [4.78, 5) is -2.30. The van der Waals surface area contributed by atoms with Crippen molar-refractivity contribution in [1.82, 2.24) is 0 Å². The highest BCUT2D eigenvalue weighted by molar-refractivity contribution is 6.65. The summed E-state index contributed by atoms with van der Waals surface area (Å²) in [5.74, 6) is -0.179. The maximum absolute atomic E-state index is 6.39. The molecule has 3 atom stereocenters. The summed E-state index contributed by atoms with van der Waals surface area (Å²) < 4.78 is -1.43. The zero-order valence-electron chi connectivity index (χ0n) is 7.74. The van der Waals surface area contributed by atoms with Crippen molar-refractivity contribution < 1.29 is 0 Å². The largest absolute Gasteiger partial charge is 0.330 e. The standard InChI is InChI=1S/C8H7Cl6N.ClH/c9-4-5(10)7(12)3(2-15)1-6(4,11)8(7,13)14;/h3H,1-2,15H2;1H. The smallest absolute Gasteiger partial charge is 0.166 e. The molecule has 0 aromatic carbocycles. The van der Waals surface area contributed by atoms with Gasteiger partial charge in [-0.15, -0.1) is 35.6 Å². The zero-order valence-corrected chi connectivity index (χ0v) is 13.1. The quantitative estimate of drug-likeness (QED) is 0.691. The van der Waals surface area contributed by atoms with Gasteiger partial charge in [0.2, 0.25) is 0 Å². The molecule has 0 aliphatic heterocycles. The summed E-state index contributed by atoms with van der Waals surface area (Å²) in [6, 6.07) is 0.